The zero-order valence-electron chi connectivity index (χ0n) is 14.1. The van der Waals surface area contributed by atoms with E-state index in [1.54, 1.807) is 12.1 Å². The van der Waals surface area contributed by atoms with E-state index in [2.05, 4.69) is 15.0 Å². The highest BCUT2D eigenvalue weighted by Crippen LogP contribution is 2.32. The van der Waals surface area contributed by atoms with Crippen molar-refractivity contribution in [3.05, 3.63) is 53.5 Å². The van der Waals surface area contributed by atoms with Crippen molar-refractivity contribution in [2.45, 2.75) is 19.3 Å². The lowest BCUT2D eigenvalue weighted by atomic mass is 10.0. The molecule has 3 rings (SSSR count). The Hall–Kier alpha value is -1.41. The number of piperazine rings is 1. The summed E-state index contributed by atoms with van der Waals surface area (Å²) in [6.45, 7) is 5.28. The monoisotopic (exact) mass is 412 g/mol. The number of rotatable bonds is 4. The minimum absolute atomic E-state index is 0. The highest BCUT2D eigenvalue weighted by Gasteiger charge is 2.31. The van der Waals surface area contributed by atoms with Gasteiger partial charge in [-0.05, 0) is 36.8 Å². The fourth-order valence-electron chi connectivity index (χ4n) is 2.95. The molecule has 9 heteroatoms. The molecule has 0 bridgehead atoms. The van der Waals surface area contributed by atoms with Crippen LogP contribution >= 0.6 is 24.8 Å². The van der Waals surface area contributed by atoms with Crippen LogP contribution in [0.4, 0.5) is 13.2 Å². The third-order valence-electron chi connectivity index (χ3n) is 3.98. The second-order valence-corrected chi connectivity index (χ2v) is 5.75. The first kappa shape index (κ1) is 22.6. The summed E-state index contributed by atoms with van der Waals surface area (Å²) in [5.41, 5.74) is 0.876. The highest BCUT2D eigenvalue weighted by molar-refractivity contribution is 5.85. The molecule has 1 aliphatic heterocycles. The summed E-state index contributed by atoms with van der Waals surface area (Å²) < 4.78 is 46.7. The van der Waals surface area contributed by atoms with E-state index < -0.39 is 6.36 Å². The van der Waals surface area contributed by atoms with E-state index in [1.807, 2.05) is 19.1 Å². The number of furan rings is 1. The van der Waals surface area contributed by atoms with Gasteiger partial charge in [0.05, 0.1) is 6.04 Å². The topological polar surface area (TPSA) is 37.6 Å². The molecular formula is C17H21Cl2F3N2O2. The van der Waals surface area contributed by atoms with Gasteiger partial charge in [0.1, 0.15) is 17.3 Å². The number of ether oxygens (including phenoxy) is 1. The Morgan fingerprint density at radius 3 is 2.15 bits per heavy atom. The molecule has 0 saturated carbocycles. The van der Waals surface area contributed by atoms with Crippen LogP contribution in [0.2, 0.25) is 0 Å². The molecule has 0 unspecified atom stereocenters. The maximum atomic E-state index is 12.3. The summed E-state index contributed by atoms with van der Waals surface area (Å²) in [7, 11) is 0. The Morgan fingerprint density at radius 1 is 1.04 bits per heavy atom. The van der Waals surface area contributed by atoms with Crippen LogP contribution in [-0.2, 0) is 0 Å². The Labute approximate surface area is 162 Å². The molecule has 1 aromatic carbocycles. The predicted octanol–water partition coefficient (Wildman–Crippen LogP) is 4.32. The van der Waals surface area contributed by atoms with Gasteiger partial charge in [0, 0.05) is 26.2 Å². The van der Waals surface area contributed by atoms with Crippen molar-refractivity contribution in [3.8, 4) is 5.75 Å². The summed E-state index contributed by atoms with van der Waals surface area (Å²) in [6.07, 6.45) is -4.68. The molecule has 2 aromatic rings. The molecule has 4 nitrogen and oxygen atoms in total. The highest BCUT2D eigenvalue weighted by atomic mass is 35.5. The summed E-state index contributed by atoms with van der Waals surface area (Å²) in [5, 5.41) is 3.30. The van der Waals surface area contributed by atoms with E-state index in [-0.39, 0.29) is 36.6 Å². The SMILES string of the molecule is Cc1ccc([C@@H](c2ccc(OC(F)(F)F)cc2)N2CCNCC2)o1.Cl.Cl. The number of aryl methyl sites for hydroxylation is 1. The molecule has 1 atom stereocenters. The van der Waals surface area contributed by atoms with Gasteiger partial charge in [-0.15, -0.1) is 38.0 Å². The quantitative estimate of drug-likeness (QED) is 0.810. The first-order valence-electron chi connectivity index (χ1n) is 7.79. The van der Waals surface area contributed by atoms with Gasteiger partial charge >= 0.3 is 6.36 Å². The van der Waals surface area contributed by atoms with Crippen LogP contribution in [0.15, 0.2) is 40.8 Å². The molecule has 1 fully saturated rings. The first-order valence-corrected chi connectivity index (χ1v) is 7.79. The summed E-state index contributed by atoms with van der Waals surface area (Å²) in [4.78, 5) is 2.26. The number of halogens is 5. The van der Waals surface area contributed by atoms with Gasteiger partial charge in [0.2, 0.25) is 0 Å². The molecule has 2 heterocycles. The van der Waals surface area contributed by atoms with Crippen LogP contribution in [0.5, 0.6) is 5.75 Å². The Morgan fingerprint density at radius 2 is 1.65 bits per heavy atom. The largest absolute Gasteiger partial charge is 0.573 e. The van der Waals surface area contributed by atoms with Gasteiger partial charge in [-0.25, -0.2) is 0 Å². The molecule has 1 aliphatic rings. The van der Waals surface area contributed by atoms with Crippen LogP contribution in [0.25, 0.3) is 0 Å². The number of nitrogens with one attached hydrogen (secondary N) is 1. The van der Waals surface area contributed by atoms with E-state index in [9.17, 15) is 13.2 Å². The molecule has 26 heavy (non-hydrogen) atoms. The maximum absolute atomic E-state index is 12.3. The number of nitrogens with zero attached hydrogens (tertiary/aromatic N) is 1. The predicted molar refractivity (Wildman–Crippen MR) is 97.4 cm³/mol. The van der Waals surface area contributed by atoms with E-state index >= 15 is 0 Å². The van der Waals surface area contributed by atoms with Crippen molar-refractivity contribution in [1.29, 1.82) is 0 Å². The molecule has 146 valence electrons. The third-order valence-corrected chi connectivity index (χ3v) is 3.98. The normalized spacial score (nSPS) is 16.3. The minimum Gasteiger partial charge on any atom is -0.464 e. The molecule has 1 aromatic heterocycles. The number of alkyl halides is 3. The van der Waals surface area contributed by atoms with Crippen LogP contribution in [0.3, 0.4) is 0 Å². The molecule has 0 radical (unpaired) electrons. The molecular weight excluding hydrogens is 392 g/mol. The van der Waals surface area contributed by atoms with Crippen molar-refractivity contribution >= 4 is 24.8 Å². The molecule has 0 amide bonds. The number of hydrogen-bond donors (Lipinski definition) is 1. The first-order chi connectivity index (χ1) is 11.4. The third kappa shape index (κ3) is 5.81. The van der Waals surface area contributed by atoms with Crippen LogP contribution in [0, 0.1) is 6.92 Å². The van der Waals surface area contributed by atoms with Gasteiger partial charge in [0.25, 0.3) is 0 Å². The van der Waals surface area contributed by atoms with Gasteiger partial charge < -0.3 is 14.5 Å². The second kappa shape index (κ2) is 9.50. The van der Waals surface area contributed by atoms with Crippen molar-refractivity contribution in [1.82, 2.24) is 10.2 Å². The summed E-state index contributed by atoms with van der Waals surface area (Å²) >= 11 is 0. The number of benzene rings is 1. The summed E-state index contributed by atoms with van der Waals surface area (Å²) in [5.74, 6) is 1.38. The minimum atomic E-state index is -4.68. The van der Waals surface area contributed by atoms with Crippen molar-refractivity contribution in [3.63, 3.8) is 0 Å². The lowest BCUT2D eigenvalue weighted by Crippen LogP contribution is -2.45. The van der Waals surface area contributed by atoms with Crippen molar-refractivity contribution in [2.75, 3.05) is 26.2 Å². The molecule has 1 saturated heterocycles. The van der Waals surface area contributed by atoms with E-state index in [1.165, 1.54) is 12.1 Å². The van der Waals surface area contributed by atoms with Gasteiger partial charge in [-0.1, -0.05) is 12.1 Å². The average Bonchev–Trinajstić information content (AvgIpc) is 2.95. The lowest BCUT2D eigenvalue weighted by molar-refractivity contribution is -0.274. The molecule has 1 N–H and O–H groups in total. The lowest BCUT2D eigenvalue weighted by Gasteiger charge is -2.34. The standard InChI is InChI=1S/C17H19F3N2O2.2ClH/c1-12-2-7-15(23-12)16(22-10-8-21-9-11-22)13-3-5-14(6-4-13)24-17(18,19)20;;/h2-7,16,21H,8-11H2,1H3;2*1H/t16-;;/m1../s1. The maximum Gasteiger partial charge on any atom is 0.573 e. The Kier molecular flexibility index (Phi) is 8.27. The summed E-state index contributed by atoms with van der Waals surface area (Å²) in [6, 6.07) is 9.69. The number of hydrogen-bond acceptors (Lipinski definition) is 4. The van der Waals surface area contributed by atoms with Gasteiger partial charge in [-0.3, -0.25) is 4.90 Å². The van der Waals surface area contributed by atoms with Crippen LogP contribution < -0.4 is 10.1 Å². The van der Waals surface area contributed by atoms with Crippen molar-refractivity contribution < 1.29 is 22.3 Å². The zero-order valence-corrected chi connectivity index (χ0v) is 15.7. The van der Waals surface area contributed by atoms with E-state index in [0.717, 1.165) is 43.3 Å². The fourth-order valence-corrected chi connectivity index (χ4v) is 2.95. The van der Waals surface area contributed by atoms with Gasteiger partial charge in [-0.2, -0.15) is 0 Å². The zero-order chi connectivity index (χ0) is 17.2. The van der Waals surface area contributed by atoms with Crippen molar-refractivity contribution in [2.24, 2.45) is 0 Å². The van der Waals surface area contributed by atoms with E-state index in [4.69, 9.17) is 4.42 Å². The Bertz CT molecular complexity index is 671. The smallest absolute Gasteiger partial charge is 0.464 e. The average molecular weight is 413 g/mol. The Balaban J connectivity index is 0.00000169. The molecule has 0 aliphatic carbocycles. The molecule has 0 spiro atoms. The fraction of sp³-hybridized carbons (Fsp3) is 0.412. The van der Waals surface area contributed by atoms with Crippen LogP contribution in [-0.4, -0.2) is 37.4 Å². The second-order valence-electron chi connectivity index (χ2n) is 5.75. The van der Waals surface area contributed by atoms with Crippen LogP contribution in [0.1, 0.15) is 23.1 Å². The van der Waals surface area contributed by atoms with Gasteiger partial charge in [0.15, 0.2) is 0 Å². The van der Waals surface area contributed by atoms with E-state index in [0.29, 0.717) is 0 Å².